The molecule has 164 valence electrons. The number of nitrogens with one attached hydrogen (secondary N) is 1. The van der Waals surface area contributed by atoms with E-state index >= 15 is 0 Å². The predicted octanol–water partition coefficient (Wildman–Crippen LogP) is 4.13. The molecule has 0 spiro atoms. The van der Waals surface area contributed by atoms with E-state index in [0.717, 1.165) is 6.42 Å². The summed E-state index contributed by atoms with van der Waals surface area (Å²) in [6.07, 6.45) is 0.328. The molecule has 4 unspecified atom stereocenters. The van der Waals surface area contributed by atoms with Gasteiger partial charge in [0.2, 0.25) is 0 Å². The summed E-state index contributed by atoms with van der Waals surface area (Å²) in [4.78, 5) is 25.7. The highest BCUT2D eigenvalue weighted by Gasteiger charge is 2.57. The fourth-order valence-corrected chi connectivity index (χ4v) is 5.43. The van der Waals surface area contributed by atoms with Crippen LogP contribution in [0.2, 0.25) is 0 Å². The van der Waals surface area contributed by atoms with Crippen molar-refractivity contribution in [3.8, 4) is 0 Å². The normalized spacial score (nSPS) is 28.0. The molecule has 0 saturated heterocycles. The van der Waals surface area contributed by atoms with Crippen LogP contribution in [-0.4, -0.2) is 29.2 Å². The maximum Gasteiger partial charge on any atom is 0.337 e. The molecular weight excluding hydrogens is 390 g/mol. The second kappa shape index (κ2) is 8.46. The molecule has 3 aliphatic rings. The summed E-state index contributed by atoms with van der Waals surface area (Å²) < 4.78 is 5.81. The van der Waals surface area contributed by atoms with Crippen molar-refractivity contribution in [2.24, 2.45) is 23.2 Å². The van der Waals surface area contributed by atoms with E-state index in [1.807, 2.05) is 24.3 Å². The minimum atomic E-state index is -1.49. The van der Waals surface area contributed by atoms with Gasteiger partial charge < -0.3 is 15.2 Å². The number of benzene rings is 2. The smallest absolute Gasteiger partial charge is 0.337 e. The summed E-state index contributed by atoms with van der Waals surface area (Å²) in [5.41, 5.74) is 1.40. The molecule has 5 heteroatoms. The molecule has 2 aromatic carbocycles. The van der Waals surface area contributed by atoms with Gasteiger partial charge in [-0.15, -0.1) is 0 Å². The number of carbonyl (C=O) groups excluding carboxylic acids is 2. The Balaban J connectivity index is 1.49. The quantitative estimate of drug-likeness (QED) is 0.688. The third-order valence-electron chi connectivity index (χ3n) is 7.59. The number of carbonyl (C=O) groups is 2. The number of aliphatic hydroxyl groups excluding tert-OH is 1. The average Bonchev–Trinajstić information content (AvgIpc) is 2.78. The van der Waals surface area contributed by atoms with E-state index in [0.29, 0.717) is 23.0 Å². The number of esters is 1. The summed E-state index contributed by atoms with van der Waals surface area (Å²) in [6.45, 7) is 6.72. The molecule has 1 amide bonds. The van der Waals surface area contributed by atoms with Gasteiger partial charge >= 0.3 is 5.97 Å². The van der Waals surface area contributed by atoms with E-state index in [1.54, 1.807) is 36.4 Å². The number of fused-ring (bicyclic) bond motifs is 2. The molecule has 2 N–H and O–H groups in total. The lowest BCUT2D eigenvalue weighted by Crippen LogP contribution is -2.58. The molecule has 3 aliphatic carbocycles. The fourth-order valence-electron chi connectivity index (χ4n) is 5.43. The molecule has 5 rings (SSSR count). The standard InChI is InChI=1S/C26H31NO4/c1-16-20-14-19(26(20,2)3)15-21(16)31-25(30)23(28)22(17-10-6-4-7-11-17)27-24(29)18-12-8-5-9-13-18/h4-13,16,19-23,28H,14-15H2,1-3H3,(H,27,29)/t16?,19?,20?,21?,22-,23+/m0/s1. The third-order valence-corrected chi connectivity index (χ3v) is 7.59. The van der Waals surface area contributed by atoms with Gasteiger partial charge in [-0.2, -0.15) is 0 Å². The van der Waals surface area contributed by atoms with Gasteiger partial charge in [0.25, 0.3) is 5.91 Å². The Morgan fingerprint density at radius 3 is 2.23 bits per heavy atom. The van der Waals surface area contributed by atoms with Crippen molar-refractivity contribution in [2.45, 2.75) is 51.9 Å². The van der Waals surface area contributed by atoms with Crippen LogP contribution >= 0.6 is 0 Å². The second-order valence-electron chi connectivity index (χ2n) is 9.60. The Bertz CT molecular complexity index is 927. The highest BCUT2D eigenvalue weighted by atomic mass is 16.6. The van der Waals surface area contributed by atoms with E-state index in [2.05, 4.69) is 26.1 Å². The number of hydrogen-bond donors (Lipinski definition) is 2. The molecule has 2 bridgehead atoms. The van der Waals surface area contributed by atoms with Crippen LogP contribution in [-0.2, 0) is 9.53 Å². The first-order valence-electron chi connectivity index (χ1n) is 11.1. The lowest BCUT2D eigenvalue weighted by atomic mass is 9.45. The highest BCUT2D eigenvalue weighted by molar-refractivity contribution is 5.94. The number of ether oxygens (including phenoxy) is 1. The van der Waals surface area contributed by atoms with Gasteiger partial charge in [-0.05, 0) is 53.7 Å². The minimum absolute atomic E-state index is 0.194. The minimum Gasteiger partial charge on any atom is -0.460 e. The van der Waals surface area contributed by atoms with Gasteiger partial charge in [-0.25, -0.2) is 4.79 Å². The Labute approximate surface area is 183 Å². The SMILES string of the molecule is CC1C(OC(=O)[C@H](O)[C@@H](NC(=O)c2ccccc2)c2ccccc2)CC2CC1C2(C)C. The first-order chi connectivity index (χ1) is 14.8. The first-order valence-corrected chi connectivity index (χ1v) is 11.1. The first kappa shape index (κ1) is 21.6. The zero-order chi connectivity index (χ0) is 22.2. The average molecular weight is 422 g/mol. The van der Waals surface area contributed by atoms with Crippen molar-refractivity contribution in [2.75, 3.05) is 0 Å². The molecule has 0 aromatic heterocycles. The van der Waals surface area contributed by atoms with Gasteiger partial charge in [0.1, 0.15) is 6.10 Å². The van der Waals surface area contributed by atoms with Crippen molar-refractivity contribution in [3.05, 3.63) is 71.8 Å². The van der Waals surface area contributed by atoms with Crippen LogP contribution in [0.15, 0.2) is 60.7 Å². The van der Waals surface area contributed by atoms with Crippen molar-refractivity contribution >= 4 is 11.9 Å². The summed E-state index contributed by atoms with van der Waals surface area (Å²) in [5.74, 6) is 0.300. The van der Waals surface area contributed by atoms with Crippen LogP contribution in [0.1, 0.15) is 55.6 Å². The maximum atomic E-state index is 12.9. The predicted molar refractivity (Wildman–Crippen MR) is 118 cm³/mol. The van der Waals surface area contributed by atoms with Crippen LogP contribution in [0.4, 0.5) is 0 Å². The largest absolute Gasteiger partial charge is 0.460 e. The number of hydrogen-bond acceptors (Lipinski definition) is 4. The maximum absolute atomic E-state index is 12.9. The lowest BCUT2D eigenvalue weighted by Gasteiger charge is -2.61. The molecule has 3 fully saturated rings. The second-order valence-corrected chi connectivity index (χ2v) is 9.60. The molecule has 0 aliphatic heterocycles. The van der Waals surface area contributed by atoms with Gasteiger partial charge in [-0.3, -0.25) is 4.79 Å². The lowest BCUT2D eigenvalue weighted by molar-refractivity contribution is -0.193. The Hall–Kier alpha value is -2.66. The molecule has 31 heavy (non-hydrogen) atoms. The molecule has 5 nitrogen and oxygen atoms in total. The zero-order valence-electron chi connectivity index (χ0n) is 18.3. The topological polar surface area (TPSA) is 75.6 Å². The van der Waals surface area contributed by atoms with Crippen molar-refractivity contribution < 1.29 is 19.4 Å². The van der Waals surface area contributed by atoms with Gasteiger partial charge in [0.05, 0.1) is 6.04 Å². The van der Waals surface area contributed by atoms with Crippen LogP contribution in [0.3, 0.4) is 0 Å². The summed E-state index contributed by atoms with van der Waals surface area (Å²) >= 11 is 0. The molecule has 3 saturated carbocycles. The van der Waals surface area contributed by atoms with Crippen molar-refractivity contribution in [1.82, 2.24) is 5.32 Å². The molecular formula is C26H31NO4. The Kier molecular flexibility index (Phi) is 5.89. The number of aliphatic hydroxyl groups is 1. The van der Waals surface area contributed by atoms with Crippen molar-refractivity contribution in [1.29, 1.82) is 0 Å². The van der Waals surface area contributed by atoms with Gasteiger partial charge in [0.15, 0.2) is 6.10 Å². The Morgan fingerprint density at radius 1 is 1.03 bits per heavy atom. The van der Waals surface area contributed by atoms with Crippen LogP contribution < -0.4 is 5.32 Å². The summed E-state index contributed by atoms with van der Waals surface area (Å²) in [7, 11) is 0. The van der Waals surface area contributed by atoms with Crippen LogP contribution in [0.25, 0.3) is 0 Å². The molecule has 2 aromatic rings. The van der Waals surface area contributed by atoms with Crippen molar-refractivity contribution in [3.63, 3.8) is 0 Å². The van der Waals surface area contributed by atoms with Gasteiger partial charge in [0, 0.05) is 5.56 Å². The monoisotopic (exact) mass is 421 g/mol. The summed E-state index contributed by atoms with van der Waals surface area (Å²) in [6, 6.07) is 16.9. The zero-order valence-corrected chi connectivity index (χ0v) is 18.3. The fraction of sp³-hybridized carbons (Fsp3) is 0.462. The van der Waals surface area contributed by atoms with Crippen LogP contribution in [0.5, 0.6) is 0 Å². The molecule has 6 atom stereocenters. The highest BCUT2D eigenvalue weighted by Crippen LogP contribution is 2.61. The number of amides is 1. The number of rotatable bonds is 6. The van der Waals surface area contributed by atoms with Crippen LogP contribution in [0, 0.1) is 23.2 Å². The van der Waals surface area contributed by atoms with E-state index in [-0.39, 0.29) is 23.3 Å². The molecule has 0 radical (unpaired) electrons. The van der Waals surface area contributed by atoms with E-state index in [4.69, 9.17) is 4.74 Å². The molecule has 0 heterocycles. The van der Waals surface area contributed by atoms with E-state index < -0.39 is 18.1 Å². The third kappa shape index (κ3) is 4.11. The van der Waals surface area contributed by atoms with E-state index in [1.165, 1.54) is 6.42 Å². The summed E-state index contributed by atoms with van der Waals surface area (Å²) in [5, 5.41) is 13.8. The van der Waals surface area contributed by atoms with E-state index in [9.17, 15) is 14.7 Å². The van der Waals surface area contributed by atoms with Gasteiger partial charge in [-0.1, -0.05) is 69.3 Å². The Morgan fingerprint density at radius 2 is 1.65 bits per heavy atom.